The summed E-state index contributed by atoms with van der Waals surface area (Å²) < 4.78 is 0. The molecule has 0 saturated heterocycles. The van der Waals surface area contributed by atoms with E-state index in [-0.39, 0.29) is 26.2 Å². The number of benzene rings is 1. The van der Waals surface area contributed by atoms with Gasteiger partial charge in [-0.25, -0.2) is 0 Å². The van der Waals surface area contributed by atoms with Gasteiger partial charge >= 0.3 is 26.2 Å². The molecule has 0 N–H and O–H groups in total. The fourth-order valence-corrected chi connectivity index (χ4v) is 4.90. The Bertz CT molecular complexity index is 484. The Labute approximate surface area is 212 Å². The molecule has 1 radical (unpaired) electrons. The largest absolute Gasteiger partial charge is 3.00 e. The van der Waals surface area contributed by atoms with Gasteiger partial charge in [0.15, 0.2) is 0 Å². The van der Waals surface area contributed by atoms with Gasteiger partial charge in [0, 0.05) is 0 Å². The Hall–Kier alpha value is 1.02. The van der Waals surface area contributed by atoms with Crippen LogP contribution in [0.5, 0.6) is 0 Å². The normalized spacial score (nSPS) is 12.2. The number of hydrogen-bond acceptors (Lipinski definition) is 1. The van der Waals surface area contributed by atoms with Gasteiger partial charge in [-0.3, -0.25) is 0 Å². The SMILES string of the molecule is C[Si](C)(C)[N-]CCN(CC[N-][Si](C)(C)C)CC[N-][Si](C)(C)C.Pc1ccccc1.[Zr+3]. The van der Waals surface area contributed by atoms with Crippen molar-refractivity contribution < 1.29 is 26.2 Å². The van der Waals surface area contributed by atoms with Gasteiger partial charge in [-0.15, -0.1) is 28.9 Å². The van der Waals surface area contributed by atoms with Crippen molar-refractivity contribution in [2.45, 2.75) is 58.9 Å². The van der Waals surface area contributed by atoms with Crippen LogP contribution < -0.4 is 5.30 Å². The van der Waals surface area contributed by atoms with Gasteiger partial charge < -0.3 is 19.8 Å². The van der Waals surface area contributed by atoms with E-state index in [9.17, 15) is 0 Å². The summed E-state index contributed by atoms with van der Waals surface area (Å²) in [4.78, 5) is 17.1. The van der Waals surface area contributed by atoms with E-state index in [0.29, 0.717) is 0 Å². The standard InChI is InChI=1S/C15H39N4Si3.C6H7P.Zr/c1-20(2,3)16-10-13-19(14-11-17-21(4,5)6)15-12-18-22(7,8)9;7-6-4-2-1-3-5-6;/h10-15H2,1-9H3;1-5H,7H2;/q-3;;+3. The van der Waals surface area contributed by atoms with Crippen LogP contribution >= 0.6 is 9.24 Å². The molecule has 1 rings (SSSR count). The number of hydrogen-bond donors (Lipinski definition) is 0. The van der Waals surface area contributed by atoms with Crippen molar-refractivity contribution in [2.75, 3.05) is 39.3 Å². The third kappa shape index (κ3) is 25.3. The van der Waals surface area contributed by atoms with Crippen molar-refractivity contribution in [1.29, 1.82) is 0 Å². The zero-order chi connectivity index (χ0) is 22.6. The van der Waals surface area contributed by atoms with Crippen molar-refractivity contribution in [2.24, 2.45) is 0 Å². The summed E-state index contributed by atoms with van der Waals surface area (Å²) in [5, 5.41) is 1.24. The molecule has 1 atom stereocenters. The van der Waals surface area contributed by atoms with E-state index in [1.54, 1.807) is 0 Å². The van der Waals surface area contributed by atoms with Crippen molar-refractivity contribution in [3.05, 3.63) is 45.3 Å². The molecule has 0 spiro atoms. The van der Waals surface area contributed by atoms with E-state index in [0.717, 1.165) is 39.3 Å². The van der Waals surface area contributed by atoms with Crippen LogP contribution in [0.25, 0.3) is 14.9 Å². The molecular weight excluding hydrogens is 515 g/mol. The van der Waals surface area contributed by atoms with Gasteiger partial charge in [0.25, 0.3) is 0 Å². The molecule has 171 valence electrons. The van der Waals surface area contributed by atoms with E-state index in [4.69, 9.17) is 14.9 Å². The molecule has 0 aliphatic rings. The first-order chi connectivity index (χ1) is 13.2. The van der Waals surface area contributed by atoms with E-state index < -0.39 is 24.7 Å². The fourth-order valence-electron chi connectivity index (χ4n) is 2.37. The molecular formula is C21H46N4PSi3Zr. The van der Waals surface area contributed by atoms with Gasteiger partial charge in [-0.05, 0) is 24.9 Å². The van der Waals surface area contributed by atoms with Gasteiger partial charge in [0.1, 0.15) is 0 Å². The van der Waals surface area contributed by atoms with Gasteiger partial charge in [-0.1, -0.05) is 114 Å². The Morgan fingerprint density at radius 2 is 0.933 bits per heavy atom. The maximum Gasteiger partial charge on any atom is 3.00 e. The van der Waals surface area contributed by atoms with Crippen molar-refractivity contribution in [3.63, 3.8) is 0 Å². The maximum absolute atomic E-state index is 4.86. The quantitative estimate of drug-likeness (QED) is 0.225. The summed E-state index contributed by atoms with van der Waals surface area (Å²) >= 11 is 0. The fraction of sp³-hybridized carbons (Fsp3) is 0.714. The predicted octanol–water partition coefficient (Wildman–Crippen LogP) is 6.10. The molecule has 30 heavy (non-hydrogen) atoms. The molecule has 1 aromatic carbocycles. The Kier molecular flexibility index (Phi) is 18.4. The Balaban J connectivity index is 0. The minimum Gasteiger partial charge on any atom is -0.664 e. The molecule has 9 heteroatoms. The topological polar surface area (TPSA) is 45.5 Å². The monoisotopic (exact) mass is 559 g/mol. The predicted molar refractivity (Wildman–Crippen MR) is 147 cm³/mol. The summed E-state index contributed by atoms with van der Waals surface area (Å²) in [5.41, 5.74) is 0. The molecule has 0 saturated carbocycles. The first-order valence-corrected chi connectivity index (χ1v) is 21.7. The van der Waals surface area contributed by atoms with Crippen LogP contribution in [0.3, 0.4) is 0 Å². The van der Waals surface area contributed by atoms with Crippen LogP contribution in [-0.4, -0.2) is 68.9 Å². The Morgan fingerprint density at radius 1 is 0.633 bits per heavy atom. The van der Waals surface area contributed by atoms with Crippen LogP contribution in [0.2, 0.25) is 58.9 Å². The molecule has 0 aliphatic carbocycles. The Morgan fingerprint density at radius 3 is 1.13 bits per heavy atom. The molecule has 0 amide bonds. The summed E-state index contributed by atoms with van der Waals surface area (Å²) in [7, 11) is -1.21. The minimum atomic E-state index is -1.28. The van der Waals surface area contributed by atoms with Crippen molar-refractivity contribution in [3.8, 4) is 0 Å². The summed E-state index contributed by atoms with van der Waals surface area (Å²) in [5.74, 6) is 0. The second-order valence-corrected chi connectivity index (χ2v) is 25.1. The van der Waals surface area contributed by atoms with E-state index >= 15 is 0 Å². The molecule has 0 bridgehead atoms. The molecule has 1 aromatic rings. The molecule has 4 nitrogen and oxygen atoms in total. The molecule has 0 heterocycles. The van der Waals surface area contributed by atoms with E-state index in [1.165, 1.54) is 5.30 Å². The maximum atomic E-state index is 4.86. The molecule has 0 aliphatic heterocycles. The average Bonchev–Trinajstić information content (AvgIpc) is 2.52. The van der Waals surface area contributed by atoms with Gasteiger partial charge in [0.2, 0.25) is 0 Å². The first kappa shape index (κ1) is 33.2. The molecule has 0 aromatic heterocycles. The molecule has 0 fully saturated rings. The van der Waals surface area contributed by atoms with Crippen LogP contribution in [0.1, 0.15) is 0 Å². The third-order valence-corrected chi connectivity index (χ3v) is 7.71. The summed E-state index contributed by atoms with van der Waals surface area (Å²) in [6.07, 6.45) is 0. The van der Waals surface area contributed by atoms with Crippen LogP contribution in [0, 0.1) is 0 Å². The zero-order valence-corrected chi connectivity index (χ0v) is 27.6. The number of nitrogens with zero attached hydrogens (tertiary/aromatic N) is 4. The average molecular weight is 561 g/mol. The van der Waals surface area contributed by atoms with Crippen molar-refractivity contribution >= 4 is 39.3 Å². The second-order valence-electron chi connectivity index (χ2n) is 10.4. The summed E-state index contributed by atoms with van der Waals surface area (Å²) in [6, 6.07) is 10.1. The summed E-state index contributed by atoms with van der Waals surface area (Å²) in [6.45, 7) is 26.8. The smallest absolute Gasteiger partial charge is 0.664 e. The van der Waals surface area contributed by atoms with Crippen LogP contribution in [-0.2, 0) is 26.2 Å². The van der Waals surface area contributed by atoms with Gasteiger partial charge in [-0.2, -0.15) is 0 Å². The van der Waals surface area contributed by atoms with E-state index in [1.807, 2.05) is 30.3 Å². The van der Waals surface area contributed by atoms with Crippen LogP contribution in [0.4, 0.5) is 0 Å². The third-order valence-electron chi connectivity index (χ3n) is 3.81. The van der Waals surface area contributed by atoms with Gasteiger partial charge in [0.05, 0.1) is 0 Å². The van der Waals surface area contributed by atoms with Crippen LogP contribution in [0.15, 0.2) is 30.3 Å². The second kappa shape index (κ2) is 16.6. The van der Waals surface area contributed by atoms with E-state index in [2.05, 4.69) is 73.1 Å². The van der Waals surface area contributed by atoms with Crippen molar-refractivity contribution in [1.82, 2.24) is 4.90 Å². The first-order valence-electron chi connectivity index (χ1n) is 10.8. The zero-order valence-electron chi connectivity index (χ0n) is 21.0. The molecule has 1 unspecified atom stereocenters. The minimum absolute atomic E-state index is 0. The number of rotatable bonds is 12.